The minimum Gasteiger partial charge on any atom is -0.328 e. The van der Waals surface area contributed by atoms with Crippen molar-refractivity contribution in [1.82, 2.24) is 0 Å². The number of benzene rings is 1. The molecule has 0 saturated heterocycles. The molecule has 0 aliphatic heterocycles. The summed E-state index contributed by atoms with van der Waals surface area (Å²) in [5, 5.41) is 3.01. The number of halogens is 1. The van der Waals surface area contributed by atoms with Crippen molar-refractivity contribution in [2.75, 3.05) is 5.32 Å². The number of nitrogens with one attached hydrogen (secondary N) is 1. The molecule has 98 valence electrons. The maximum Gasteiger partial charge on any atom is 0.227 e. The molecule has 1 fully saturated rings. The molecule has 0 bridgehead atoms. The van der Waals surface area contributed by atoms with Gasteiger partial charge in [0, 0.05) is 21.2 Å². The van der Waals surface area contributed by atoms with Gasteiger partial charge in [-0.05, 0) is 72.9 Å². The lowest BCUT2D eigenvalue weighted by Crippen LogP contribution is -2.32. The fourth-order valence-corrected chi connectivity index (χ4v) is 2.81. The maximum atomic E-state index is 12.1. The van der Waals surface area contributed by atoms with E-state index in [9.17, 15) is 4.79 Å². The standard InChI is InChI=1S/C14H19IN2O/c1-9-2-7-12(8-13(9)15)17-14(18)10-3-5-11(16)6-4-10/h2,7-8,10-11H,3-6,16H2,1H3,(H,17,18). The van der Waals surface area contributed by atoms with Crippen molar-refractivity contribution >= 4 is 34.2 Å². The summed E-state index contributed by atoms with van der Waals surface area (Å²) in [5.74, 6) is 0.269. The zero-order valence-electron chi connectivity index (χ0n) is 10.6. The molecule has 3 N–H and O–H groups in total. The lowest BCUT2D eigenvalue weighted by atomic mass is 9.86. The van der Waals surface area contributed by atoms with Gasteiger partial charge < -0.3 is 11.1 Å². The van der Waals surface area contributed by atoms with E-state index in [1.807, 2.05) is 18.2 Å². The van der Waals surface area contributed by atoms with Gasteiger partial charge in [-0.15, -0.1) is 0 Å². The topological polar surface area (TPSA) is 55.1 Å². The zero-order valence-corrected chi connectivity index (χ0v) is 12.7. The van der Waals surface area contributed by atoms with E-state index in [1.54, 1.807) is 0 Å². The van der Waals surface area contributed by atoms with Gasteiger partial charge in [0.05, 0.1) is 0 Å². The van der Waals surface area contributed by atoms with Crippen LogP contribution in [0.1, 0.15) is 31.2 Å². The summed E-state index contributed by atoms with van der Waals surface area (Å²) in [5.41, 5.74) is 7.98. The number of hydrogen-bond acceptors (Lipinski definition) is 2. The lowest BCUT2D eigenvalue weighted by Gasteiger charge is -2.25. The lowest BCUT2D eigenvalue weighted by molar-refractivity contribution is -0.120. The Morgan fingerprint density at radius 1 is 1.33 bits per heavy atom. The first-order valence-corrected chi connectivity index (χ1v) is 7.46. The number of hydrogen-bond donors (Lipinski definition) is 2. The van der Waals surface area contributed by atoms with Gasteiger partial charge in [0.1, 0.15) is 0 Å². The van der Waals surface area contributed by atoms with Crippen molar-refractivity contribution in [1.29, 1.82) is 0 Å². The van der Waals surface area contributed by atoms with Crippen molar-refractivity contribution in [2.24, 2.45) is 11.7 Å². The predicted molar refractivity (Wildman–Crippen MR) is 82.5 cm³/mol. The molecule has 0 heterocycles. The van der Waals surface area contributed by atoms with Crippen LogP contribution in [0.3, 0.4) is 0 Å². The minimum absolute atomic E-state index is 0.128. The molecular formula is C14H19IN2O. The van der Waals surface area contributed by atoms with Crippen molar-refractivity contribution in [2.45, 2.75) is 38.6 Å². The third kappa shape index (κ3) is 3.45. The molecule has 18 heavy (non-hydrogen) atoms. The second-order valence-corrected chi connectivity index (χ2v) is 6.23. The normalized spacial score (nSPS) is 23.7. The van der Waals surface area contributed by atoms with E-state index in [4.69, 9.17) is 5.73 Å². The largest absolute Gasteiger partial charge is 0.328 e. The Balaban J connectivity index is 1.96. The zero-order chi connectivity index (χ0) is 13.1. The number of rotatable bonds is 2. The number of carbonyl (C=O) groups is 1. The fourth-order valence-electron chi connectivity index (χ4n) is 2.30. The summed E-state index contributed by atoms with van der Waals surface area (Å²) in [4.78, 5) is 12.1. The average molecular weight is 358 g/mol. The summed E-state index contributed by atoms with van der Waals surface area (Å²) in [6.07, 6.45) is 3.75. The molecule has 2 rings (SSSR count). The molecule has 1 aliphatic carbocycles. The van der Waals surface area contributed by atoms with E-state index < -0.39 is 0 Å². The summed E-state index contributed by atoms with van der Waals surface area (Å²) in [6.45, 7) is 2.07. The smallest absolute Gasteiger partial charge is 0.227 e. The molecule has 0 unspecified atom stereocenters. The first kappa shape index (κ1) is 13.8. The third-order valence-electron chi connectivity index (χ3n) is 3.58. The number of anilines is 1. The highest BCUT2D eigenvalue weighted by Crippen LogP contribution is 2.25. The van der Waals surface area contributed by atoms with Crippen LogP contribution in [0.25, 0.3) is 0 Å². The van der Waals surface area contributed by atoms with Crippen LogP contribution in [0.4, 0.5) is 5.69 Å². The van der Waals surface area contributed by atoms with Crippen molar-refractivity contribution < 1.29 is 4.79 Å². The van der Waals surface area contributed by atoms with Crippen LogP contribution in [-0.4, -0.2) is 11.9 Å². The Morgan fingerprint density at radius 2 is 2.00 bits per heavy atom. The van der Waals surface area contributed by atoms with Gasteiger partial charge in [-0.25, -0.2) is 0 Å². The second-order valence-electron chi connectivity index (χ2n) is 5.06. The van der Waals surface area contributed by atoms with E-state index in [1.165, 1.54) is 9.13 Å². The van der Waals surface area contributed by atoms with Crippen LogP contribution >= 0.6 is 22.6 Å². The second kappa shape index (κ2) is 6.02. The summed E-state index contributed by atoms with van der Waals surface area (Å²) in [7, 11) is 0. The van der Waals surface area contributed by atoms with E-state index >= 15 is 0 Å². The summed E-state index contributed by atoms with van der Waals surface area (Å²) < 4.78 is 1.18. The molecule has 0 radical (unpaired) electrons. The van der Waals surface area contributed by atoms with Crippen LogP contribution in [-0.2, 0) is 4.79 Å². The van der Waals surface area contributed by atoms with E-state index in [0.717, 1.165) is 31.4 Å². The van der Waals surface area contributed by atoms with Gasteiger partial charge in [-0.3, -0.25) is 4.79 Å². The number of nitrogens with two attached hydrogens (primary N) is 1. The molecule has 1 saturated carbocycles. The molecule has 1 aromatic rings. The predicted octanol–water partition coefficient (Wildman–Crippen LogP) is 3.06. The van der Waals surface area contributed by atoms with Crippen LogP contribution in [0, 0.1) is 16.4 Å². The number of aryl methyl sites for hydroxylation is 1. The number of amides is 1. The van der Waals surface area contributed by atoms with Crippen LogP contribution in [0.15, 0.2) is 18.2 Å². The van der Waals surface area contributed by atoms with Gasteiger partial charge >= 0.3 is 0 Å². The minimum atomic E-state index is 0.128. The first-order valence-electron chi connectivity index (χ1n) is 6.39. The van der Waals surface area contributed by atoms with Gasteiger partial charge in [-0.1, -0.05) is 6.07 Å². The highest BCUT2D eigenvalue weighted by Gasteiger charge is 2.24. The molecule has 0 aromatic heterocycles. The van der Waals surface area contributed by atoms with Crippen LogP contribution in [0.5, 0.6) is 0 Å². The Labute approximate surface area is 122 Å². The van der Waals surface area contributed by atoms with Crippen LogP contribution in [0.2, 0.25) is 0 Å². The summed E-state index contributed by atoms with van der Waals surface area (Å²) >= 11 is 2.29. The van der Waals surface area contributed by atoms with Gasteiger partial charge in [0.25, 0.3) is 0 Å². The molecular weight excluding hydrogens is 339 g/mol. The van der Waals surface area contributed by atoms with Crippen molar-refractivity contribution in [3.8, 4) is 0 Å². The molecule has 0 atom stereocenters. The quantitative estimate of drug-likeness (QED) is 0.799. The van der Waals surface area contributed by atoms with Gasteiger partial charge in [-0.2, -0.15) is 0 Å². The SMILES string of the molecule is Cc1ccc(NC(=O)C2CCC(N)CC2)cc1I. The Bertz CT molecular complexity index is 439. The highest BCUT2D eigenvalue weighted by molar-refractivity contribution is 14.1. The number of carbonyl (C=O) groups excluding carboxylic acids is 1. The monoisotopic (exact) mass is 358 g/mol. The van der Waals surface area contributed by atoms with Gasteiger partial charge in [0.15, 0.2) is 0 Å². The Kier molecular flexibility index (Phi) is 4.61. The highest BCUT2D eigenvalue weighted by atomic mass is 127. The molecule has 1 aromatic carbocycles. The first-order chi connectivity index (χ1) is 8.56. The fraction of sp³-hybridized carbons (Fsp3) is 0.500. The Hall–Kier alpha value is -0.620. The molecule has 1 amide bonds. The van der Waals surface area contributed by atoms with Crippen molar-refractivity contribution in [3.63, 3.8) is 0 Å². The maximum absolute atomic E-state index is 12.1. The third-order valence-corrected chi connectivity index (χ3v) is 4.74. The molecule has 3 nitrogen and oxygen atoms in total. The van der Waals surface area contributed by atoms with Crippen LogP contribution < -0.4 is 11.1 Å². The molecule has 0 spiro atoms. The molecule has 1 aliphatic rings. The molecule has 4 heteroatoms. The van der Waals surface area contributed by atoms with E-state index in [0.29, 0.717) is 0 Å². The summed E-state index contributed by atoms with van der Waals surface area (Å²) in [6, 6.07) is 6.30. The Morgan fingerprint density at radius 3 is 2.61 bits per heavy atom. The van der Waals surface area contributed by atoms with Gasteiger partial charge in [0.2, 0.25) is 5.91 Å². The van der Waals surface area contributed by atoms with Crippen molar-refractivity contribution in [3.05, 3.63) is 27.3 Å². The average Bonchev–Trinajstić information content (AvgIpc) is 2.34. The van der Waals surface area contributed by atoms with E-state index in [-0.39, 0.29) is 17.9 Å². The van der Waals surface area contributed by atoms with E-state index in [2.05, 4.69) is 34.8 Å².